The van der Waals surface area contributed by atoms with Gasteiger partial charge < -0.3 is 10.3 Å². The van der Waals surface area contributed by atoms with Gasteiger partial charge in [0.05, 0.1) is 24.5 Å². The monoisotopic (exact) mass is 366 g/mol. The predicted octanol–water partition coefficient (Wildman–Crippen LogP) is 2.37. The van der Waals surface area contributed by atoms with Crippen LogP contribution in [0, 0.1) is 0 Å². The van der Waals surface area contributed by atoms with Crippen LogP contribution in [0.1, 0.15) is 42.7 Å². The fourth-order valence-corrected chi connectivity index (χ4v) is 3.36. The zero-order valence-electron chi connectivity index (χ0n) is 15.7. The highest BCUT2D eigenvalue weighted by atomic mass is 15.3. The molecule has 0 fully saturated rings. The molecule has 3 aromatic rings. The number of hydrogen-bond donors (Lipinski definition) is 2. The molecule has 0 atom stereocenters. The van der Waals surface area contributed by atoms with Crippen LogP contribution < -0.4 is 5.32 Å². The van der Waals surface area contributed by atoms with Crippen LogP contribution in [0.2, 0.25) is 0 Å². The SMILES string of the molecule is CCCCc1ncc(CN2CCn3nc(CNc4ncccn4)cc3C2)[nH]1. The Bertz CT molecular complexity index is 854. The maximum absolute atomic E-state index is 4.70. The fraction of sp³-hybridized carbons (Fsp3) is 0.474. The molecule has 142 valence electrons. The Hall–Kier alpha value is -2.74. The molecule has 0 amide bonds. The van der Waals surface area contributed by atoms with Crippen molar-refractivity contribution in [1.82, 2.24) is 34.6 Å². The van der Waals surface area contributed by atoms with E-state index >= 15 is 0 Å². The van der Waals surface area contributed by atoms with Gasteiger partial charge in [-0.25, -0.2) is 15.0 Å². The molecular weight excluding hydrogens is 340 g/mol. The molecule has 27 heavy (non-hydrogen) atoms. The predicted molar refractivity (Wildman–Crippen MR) is 103 cm³/mol. The summed E-state index contributed by atoms with van der Waals surface area (Å²) >= 11 is 0. The fourth-order valence-electron chi connectivity index (χ4n) is 3.36. The van der Waals surface area contributed by atoms with Crippen molar-refractivity contribution in [1.29, 1.82) is 0 Å². The van der Waals surface area contributed by atoms with Crippen molar-refractivity contribution in [3.63, 3.8) is 0 Å². The minimum Gasteiger partial charge on any atom is -0.348 e. The Balaban J connectivity index is 1.33. The minimum atomic E-state index is 0.628. The van der Waals surface area contributed by atoms with Crippen molar-refractivity contribution >= 4 is 5.95 Å². The number of unbranched alkanes of at least 4 members (excludes halogenated alkanes) is 1. The van der Waals surface area contributed by atoms with Gasteiger partial charge in [-0.05, 0) is 18.6 Å². The van der Waals surface area contributed by atoms with Gasteiger partial charge >= 0.3 is 0 Å². The number of imidazole rings is 1. The first-order valence-corrected chi connectivity index (χ1v) is 9.62. The zero-order valence-corrected chi connectivity index (χ0v) is 15.7. The van der Waals surface area contributed by atoms with E-state index in [4.69, 9.17) is 5.10 Å². The third kappa shape index (κ3) is 4.51. The first kappa shape index (κ1) is 17.7. The molecule has 4 rings (SSSR count). The molecule has 0 radical (unpaired) electrons. The maximum Gasteiger partial charge on any atom is 0.222 e. The molecule has 4 heterocycles. The topological polar surface area (TPSA) is 87.6 Å². The smallest absolute Gasteiger partial charge is 0.222 e. The van der Waals surface area contributed by atoms with Crippen molar-refractivity contribution in [2.45, 2.75) is 52.4 Å². The van der Waals surface area contributed by atoms with Crippen LogP contribution in [0.25, 0.3) is 0 Å². The first-order valence-electron chi connectivity index (χ1n) is 9.62. The highest BCUT2D eigenvalue weighted by Gasteiger charge is 2.19. The van der Waals surface area contributed by atoms with Gasteiger partial charge in [0.15, 0.2) is 0 Å². The van der Waals surface area contributed by atoms with Gasteiger partial charge in [-0.3, -0.25) is 9.58 Å². The van der Waals surface area contributed by atoms with Crippen molar-refractivity contribution in [3.8, 4) is 0 Å². The normalized spacial score (nSPS) is 14.3. The highest BCUT2D eigenvalue weighted by Crippen LogP contribution is 2.16. The van der Waals surface area contributed by atoms with Gasteiger partial charge in [0, 0.05) is 50.3 Å². The molecule has 0 saturated carbocycles. The van der Waals surface area contributed by atoms with E-state index < -0.39 is 0 Å². The summed E-state index contributed by atoms with van der Waals surface area (Å²) in [4.78, 5) is 18.8. The summed E-state index contributed by atoms with van der Waals surface area (Å²) in [5, 5.41) is 7.91. The zero-order chi connectivity index (χ0) is 18.5. The lowest BCUT2D eigenvalue weighted by molar-refractivity contribution is 0.203. The van der Waals surface area contributed by atoms with Gasteiger partial charge in [-0.2, -0.15) is 5.10 Å². The summed E-state index contributed by atoms with van der Waals surface area (Å²) in [5.74, 6) is 1.73. The van der Waals surface area contributed by atoms with Gasteiger partial charge in [0.2, 0.25) is 5.95 Å². The van der Waals surface area contributed by atoms with E-state index in [1.54, 1.807) is 12.4 Å². The molecular formula is C19H26N8. The molecule has 0 aromatic carbocycles. The summed E-state index contributed by atoms with van der Waals surface area (Å²) in [5.41, 5.74) is 3.46. The number of aromatic nitrogens is 6. The summed E-state index contributed by atoms with van der Waals surface area (Å²) < 4.78 is 2.11. The number of nitrogens with zero attached hydrogens (tertiary/aromatic N) is 6. The van der Waals surface area contributed by atoms with Crippen LogP contribution in [0.4, 0.5) is 5.95 Å². The second-order valence-corrected chi connectivity index (χ2v) is 6.95. The van der Waals surface area contributed by atoms with Crippen LogP contribution in [0.15, 0.2) is 30.7 Å². The Morgan fingerprint density at radius 1 is 1.19 bits per heavy atom. The summed E-state index contributed by atoms with van der Waals surface area (Å²) in [7, 11) is 0. The van der Waals surface area contributed by atoms with E-state index in [2.05, 4.69) is 47.8 Å². The van der Waals surface area contributed by atoms with E-state index in [1.807, 2.05) is 12.3 Å². The highest BCUT2D eigenvalue weighted by molar-refractivity contribution is 5.24. The van der Waals surface area contributed by atoms with E-state index in [0.29, 0.717) is 12.5 Å². The summed E-state index contributed by atoms with van der Waals surface area (Å²) in [6, 6.07) is 3.98. The molecule has 3 aromatic heterocycles. The van der Waals surface area contributed by atoms with Gasteiger partial charge in [0.1, 0.15) is 5.82 Å². The number of aryl methyl sites for hydroxylation is 1. The Morgan fingerprint density at radius 3 is 2.93 bits per heavy atom. The van der Waals surface area contributed by atoms with Crippen molar-refractivity contribution in [2.24, 2.45) is 0 Å². The molecule has 1 aliphatic heterocycles. The van der Waals surface area contributed by atoms with Crippen LogP contribution in [0.5, 0.6) is 0 Å². The van der Waals surface area contributed by atoms with Gasteiger partial charge in [-0.15, -0.1) is 0 Å². The van der Waals surface area contributed by atoms with Crippen molar-refractivity contribution in [3.05, 3.63) is 53.6 Å². The number of H-pyrrole nitrogens is 1. The summed E-state index contributed by atoms with van der Waals surface area (Å²) in [6.07, 6.45) is 8.85. The number of fused-ring (bicyclic) bond motifs is 1. The quantitative estimate of drug-likeness (QED) is 0.636. The first-order chi connectivity index (χ1) is 13.3. The van der Waals surface area contributed by atoms with E-state index in [9.17, 15) is 0 Å². The average Bonchev–Trinajstić information content (AvgIpc) is 3.31. The van der Waals surface area contributed by atoms with Crippen LogP contribution in [0.3, 0.4) is 0 Å². The number of hydrogen-bond acceptors (Lipinski definition) is 6. The molecule has 8 heteroatoms. The van der Waals surface area contributed by atoms with E-state index in [0.717, 1.165) is 44.1 Å². The molecule has 0 unspecified atom stereocenters. The Morgan fingerprint density at radius 2 is 2.07 bits per heavy atom. The Kier molecular flexibility index (Phi) is 5.43. The second kappa shape index (κ2) is 8.30. The lowest BCUT2D eigenvalue weighted by Crippen LogP contribution is -2.33. The number of nitrogens with one attached hydrogen (secondary N) is 2. The standard InChI is InChI=1S/C19H26N8/c1-2-3-5-18-22-12-16(24-18)13-26-8-9-27-17(14-26)10-15(25-27)11-23-19-20-6-4-7-21-19/h4,6-7,10,12H,2-3,5,8-9,11,13-14H2,1H3,(H,22,24)(H,20,21,23). The lowest BCUT2D eigenvalue weighted by Gasteiger charge is -2.26. The molecule has 8 nitrogen and oxygen atoms in total. The van der Waals surface area contributed by atoms with E-state index in [1.165, 1.54) is 24.2 Å². The molecule has 0 bridgehead atoms. The number of aromatic amines is 1. The van der Waals surface area contributed by atoms with Crippen LogP contribution in [-0.4, -0.2) is 41.2 Å². The third-order valence-electron chi connectivity index (χ3n) is 4.76. The molecule has 0 spiro atoms. The van der Waals surface area contributed by atoms with Gasteiger partial charge in [0.25, 0.3) is 0 Å². The second-order valence-electron chi connectivity index (χ2n) is 6.95. The third-order valence-corrected chi connectivity index (χ3v) is 4.76. The van der Waals surface area contributed by atoms with Crippen LogP contribution >= 0.6 is 0 Å². The lowest BCUT2D eigenvalue weighted by atomic mass is 10.2. The van der Waals surface area contributed by atoms with Crippen molar-refractivity contribution < 1.29 is 0 Å². The largest absolute Gasteiger partial charge is 0.348 e. The molecule has 0 aliphatic carbocycles. The maximum atomic E-state index is 4.70. The molecule has 0 saturated heterocycles. The summed E-state index contributed by atoms with van der Waals surface area (Å²) in [6.45, 7) is 6.54. The average molecular weight is 366 g/mol. The van der Waals surface area contributed by atoms with Crippen molar-refractivity contribution in [2.75, 3.05) is 11.9 Å². The number of anilines is 1. The minimum absolute atomic E-state index is 0.628. The molecule has 1 aliphatic rings. The molecule has 2 N–H and O–H groups in total. The number of rotatable bonds is 8. The van der Waals surface area contributed by atoms with Gasteiger partial charge in [-0.1, -0.05) is 13.3 Å². The van der Waals surface area contributed by atoms with E-state index in [-0.39, 0.29) is 0 Å². The Labute approximate surface area is 159 Å². The van der Waals surface area contributed by atoms with Crippen LogP contribution in [-0.2, 0) is 32.6 Å².